The normalized spacial score (nSPS) is 17.6. The molecule has 2 heterocycles. The summed E-state index contributed by atoms with van der Waals surface area (Å²) in [6.45, 7) is -0.0671. The van der Waals surface area contributed by atoms with Crippen molar-refractivity contribution in [1.29, 1.82) is 0 Å². The van der Waals surface area contributed by atoms with Gasteiger partial charge >= 0.3 is 5.97 Å². The first-order valence-electron chi connectivity index (χ1n) is 6.21. The first-order chi connectivity index (χ1) is 9.46. The van der Waals surface area contributed by atoms with Crippen molar-refractivity contribution in [1.82, 2.24) is 4.98 Å². The maximum absolute atomic E-state index is 13.3. The number of carbonyl (C=O) groups is 1. The van der Waals surface area contributed by atoms with E-state index in [1.807, 2.05) is 0 Å². The lowest BCUT2D eigenvalue weighted by Crippen LogP contribution is -2.24. The van der Waals surface area contributed by atoms with Gasteiger partial charge in [-0.05, 0) is 24.3 Å². The Morgan fingerprint density at radius 2 is 2.15 bits per heavy atom. The second-order valence-electron chi connectivity index (χ2n) is 4.89. The topological polar surface area (TPSA) is 53.4 Å². The maximum Gasteiger partial charge on any atom is 0.336 e. The molecule has 1 N–H and O–H groups in total. The lowest BCUT2D eigenvalue weighted by Gasteiger charge is -2.18. The van der Waals surface area contributed by atoms with Gasteiger partial charge in [-0.2, -0.15) is 0 Å². The summed E-state index contributed by atoms with van der Waals surface area (Å²) in [5.74, 6) is -3.74. The minimum atomic E-state index is -2.68. The Hall–Kier alpha value is -2.24. The summed E-state index contributed by atoms with van der Waals surface area (Å²) in [6.07, 6.45) is 1.25. The third kappa shape index (κ3) is 2.17. The van der Waals surface area contributed by atoms with E-state index >= 15 is 0 Å². The van der Waals surface area contributed by atoms with Crippen LogP contribution in [0.3, 0.4) is 0 Å². The molecule has 1 fully saturated rings. The number of nitrogens with zero attached hydrogens (tertiary/aromatic N) is 2. The third-order valence-electron chi connectivity index (χ3n) is 3.49. The van der Waals surface area contributed by atoms with E-state index in [1.165, 1.54) is 12.3 Å². The van der Waals surface area contributed by atoms with Crippen LogP contribution >= 0.6 is 0 Å². The van der Waals surface area contributed by atoms with Crippen LogP contribution in [0.5, 0.6) is 0 Å². The van der Waals surface area contributed by atoms with E-state index in [1.54, 1.807) is 23.1 Å². The molecule has 0 unspecified atom stereocenters. The average Bonchev–Trinajstić information content (AvgIpc) is 2.77. The number of hydrogen-bond donors (Lipinski definition) is 1. The summed E-state index contributed by atoms with van der Waals surface area (Å²) in [7, 11) is 0. The highest BCUT2D eigenvalue weighted by atomic mass is 19.3. The van der Waals surface area contributed by atoms with Gasteiger partial charge in [-0.1, -0.05) is 0 Å². The van der Waals surface area contributed by atoms with Gasteiger partial charge in [-0.25, -0.2) is 13.6 Å². The van der Waals surface area contributed by atoms with Crippen molar-refractivity contribution in [3.05, 3.63) is 36.0 Å². The van der Waals surface area contributed by atoms with Gasteiger partial charge in [-0.15, -0.1) is 0 Å². The van der Waals surface area contributed by atoms with Crippen molar-refractivity contribution in [2.75, 3.05) is 18.0 Å². The molecule has 0 bridgehead atoms. The number of pyridine rings is 1. The second kappa shape index (κ2) is 4.40. The quantitative estimate of drug-likeness (QED) is 0.917. The zero-order valence-corrected chi connectivity index (χ0v) is 10.5. The SMILES string of the molecule is O=C(O)c1ccnc2ccc(N3CCC(F)(F)C3)cc12. The first-order valence-corrected chi connectivity index (χ1v) is 6.21. The number of carboxylic acids is 1. The van der Waals surface area contributed by atoms with Crippen molar-refractivity contribution < 1.29 is 18.7 Å². The fourth-order valence-electron chi connectivity index (χ4n) is 2.47. The minimum absolute atomic E-state index is 0.128. The monoisotopic (exact) mass is 278 g/mol. The molecule has 6 heteroatoms. The van der Waals surface area contributed by atoms with Gasteiger partial charge < -0.3 is 10.0 Å². The second-order valence-corrected chi connectivity index (χ2v) is 4.89. The van der Waals surface area contributed by atoms with Crippen LogP contribution in [0.4, 0.5) is 14.5 Å². The predicted molar refractivity (Wildman–Crippen MR) is 70.5 cm³/mol. The Bertz CT molecular complexity index is 688. The molecule has 0 saturated carbocycles. The number of anilines is 1. The highest BCUT2D eigenvalue weighted by Crippen LogP contribution is 2.32. The van der Waals surface area contributed by atoms with Crippen LogP contribution < -0.4 is 4.90 Å². The summed E-state index contributed by atoms with van der Waals surface area (Å²) in [5, 5.41) is 9.63. The number of aromatic nitrogens is 1. The molecule has 104 valence electrons. The van der Waals surface area contributed by atoms with Crippen LogP contribution in [0.25, 0.3) is 10.9 Å². The van der Waals surface area contributed by atoms with E-state index in [0.29, 0.717) is 16.6 Å². The highest BCUT2D eigenvalue weighted by Gasteiger charge is 2.38. The molecule has 0 aliphatic carbocycles. The van der Waals surface area contributed by atoms with Gasteiger partial charge in [0.15, 0.2) is 0 Å². The number of alkyl halides is 2. The third-order valence-corrected chi connectivity index (χ3v) is 3.49. The van der Waals surface area contributed by atoms with E-state index in [-0.39, 0.29) is 25.1 Å². The van der Waals surface area contributed by atoms with Crippen molar-refractivity contribution >= 4 is 22.6 Å². The Morgan fingerprint density at radius 3 is 2.80 bits per heavy atom. The van der Waals surface area contributed by atoms with E-state index in [2.05, 4.69) is 4.98 Å². The maximum atomic E-state index is 13.3. The van der Waals surface area contributed by atoms with Gasteiger partial charge in [0, 0.05) is 30.2 Å². The molecule has 1 aromatic heterocycles. The molecule has 1 aromatic carbocycles. The van der Waals surface area contributed by atoms with Crippen LogP contribution in [-0.2, 0) is 0 Å². The minimum Gasteiger partial charge on any atom is -0.478 e. The van der Waals surface area contributed by atoms with Crippen LogP contribution in [0.2, 0.25) is 0 Å². The summed E-state index contributed by atoms with van der Waals surface area (Å²) >= 11 is 0. The molecule has 0 radical (unpaired) electrons. The number of hydrogen-bond acceptors (Lipinski definition) is 3. The fourth-order valence-corrected chi connectivity index (χ4v) is 2.47. The van der Waals surface area contributed by atoms with Gasteiger partial charge in [0.2, 0.25) is 0 Å². The molecule has 0 spiro atoms. The standard InChI is InChI=1S/C14H12F2N2O2/c15-14(16)4-6-18(8-14)9-1-2-12-11(7-9)10(13(19)20)3-5-17-12/h1-3,5,7H,4,6,8H2,(H,19,20). The van der Waals surface area contributed by atoms with Crippen LogP contribution in [-0.4, -0.2) is 35.1 Å². The van der Waals surface area contributed by atoms with E-state index in [4.69, 9.17) is 5.11 Å². The number of halogens is 2. The average molecular weight is 278 g/mol. The number of fused-ring (bicyclic) bond motifs is 1. The van der Waals surface area contributed by atoms with Gasteiger partial charge in [0.05, 0.1) is 17.6 Å². The summed E-state index contributed by atoms with van der Waals surface area (Å²) in [6, 6.07) is 6.39. The van der Waals surface area contributed by atoms with Crippen LogP contribution in [0.15, 0.2) is 30.5 Å². The molecule has 0 amide bonds. The van der Waals surface area contributed by atoms with Gasteiger partial charge in [0.1, 0.15) is 0 Å². The summed E-state index contributed by atoms with van der Waals surface area (Å²) in [4.78, 5) is 16.8. The highest BCUT2D eigenvalue weighted by molar-refractivity contribution is 6.03. The molecule has 1 aliphatic rings. The number of benzene rings is 1. The molecular weight excluding hydrogens is 266 g/mol. The Kier molecular flexibility index (Phi) is 2.81. The largest absolute Gasteiger partial charge is 0.478 e. The molecule has 2 aromatic rings. The van der Waals surface area contributed by atoms with E-state index in [9.17, 15) is 13.6 Å². The lowest BCUT2D eigenvalue weighted by molar-refractivity contribution is 0.0257. The zero-order chi connectivity index (χ0) is 14.3. The fraction of sp³-hybridized carbons (Fsp3) is 0.286. The predicted octanol–water partition coefficient (Wildman–Crippen LogP) is 2.78. The van der Waals surface area contributed by atoms with Gasteiger partial charge in [0.25, 0.3) is 5.92 Å². The summed E-state index contributed by atoms with van der Waals surface area (Å²) in [5.41, 5.74) is 1.27. The van der Waals surface area contributed by atoms with Crippen molar-refractivity contribution in [3.63, 3.8) is 0 Å². The number of rotatable bonds is 2. The molecule has 1 saturated heterocycles. The van der Waals surface area contributed by atoms with Crippen LogP contribution in [0, 0.1) is 0 Å². The van der Waals surface area contributed by atoms with E-state index in [0.717, 1.165) is 0 Å². The molecule has 3 rings (SSSR count). The number of aromatic carboxylic acids is 1. The van der Waals surface area contributed by atoms with Crippen molar-refractivity contribution in [2.24, 2.45) is 0 Å². The molecule has 4 nitrogen and oxygen atoms in total. The van der Waals surface area contributed by atoms with E-state index < -0.39 is 11.9 Å². The first kappa shape index (κ1) is 12.8. The molecule has 20 heavy (non-hydrogen) atoms. The molecule has 1 aliphatic heterocycles. The summed E-state index contributed by atoms with van der Waals surface area (Å²) < 4.78 is 26.5. The number of carboxylic acid groups (broad SMARTS) is 1. The van der Waals surface area contributed by atoms with Crippen molar-refractivity contribution in [3.8, 4) is 0 Å². The Balaban J connectivity index is 2.06. The Morgan fingerprint density at radius 1 is 1.35 bits per heavy atom. The zero-order valence-electron chi connectivity index (χ0n) is 10.5. The lowest BCUT2D eigenvalue weighted by atomic mass is 10.1. The van der Waals surface area contributed by atoms with Crippen LogP contribution in [0.1, 0.15) is 16.8 Å². The molecular formula is C14H12F2N2O2. The Labute approximate surface area is 113 Å². The van der Waals surface area contributed by atoms with Crippen molar-refractivity contribution in [2.45, 2.75) is 12.3 Å². The molecule has 0 atom stereocenters. The van der Waals surface area contributed by atoms with Gasteiger partial charge in [-0.3, -0.25) is 4.98 Å². The smallest absolute Gasteiger partial charge is 0.336 e.